The Morgan fingerprint density at radius 3 is 3.12 bits per heavy atom. The summed E-state index contributed by atoms with van der Waals surface area (Å²) >= 11 is 1.65. The molecular formula is C11H15N3OS. The van der Waals surface area contributed by atoms with Crippen LogP contribution in [-0.2, 0) is 4.79 Å². The highest BCUT2D eigenvalue weighted by atomic mass is 32.1. The number of hydrogen-bond acceptors (Lipinski definition) is 4. The molecule has 1 aromatic rings. The third kappa shape index (κ3) is 1.55. The van der Waals surface area contributed by atoms with E-state index in [0.29, 0.717) is 0 Å². The molecule has 4 nitrogen and oxygen atoms in total. The second-order valence-electron chi connectivity index (χ2n) is 4.40. The van der Waals surface area contributed by atoms with Gasteiger partial charge in [-0.05, 0) is 23.9 Å². The van der Waals surface area contributed by atoms with E-state index in [2.05, 4.69) is 28.6 Å². The highest BCUT2D eigenvalue weighted by Gasteiger charge is 2.40. The predicted molar refractivity (Wildman–Crippen MR) is 64.8 cm³/mol. The lowest BCUT2D eigenvalue weighted by Gasteiger charge is -2.26. The minimum atomic E-state index is 0.0520. The van der Waals surface area contributed by atoms with Crippen LogP contribution in [0.1, 0.15) is 5.56 Å². The molecule has 2 saturated heterocycles. The van der Waals surface area contributed by atoms with Crippen LogP contribution in [0.15, 0.2) is 11.4 Å². The highest BCUT2D eigenvalue weighted by Crippen LogP contribution is 2.29. The summed E-state index contributed by atoms with van der Waals surface area (Å²) in [7, 11) is 0. The van der Waals surface area contributed by atoms with Gasteiger partial charge in [-0.25, -0.2) is 0 Å². The first kappa shape index (κ1) is 10.3. The Labute approximate surface area is 98.8 Å². The number of fused-ring (bicyclic) bond motifs is 1. The zero-order chi connectivity index (χ0) is 11.1. The SMILES string of the molecule is Cc1csc(N2CN3CCNCC3C2=O)c1. The molecule has 0 radical (unpaired) electrons. The number of hydrogen-bond donors (Lipinski definition) is 1. The van der Waals surface area contributed by atoms with Crippen LogP contribution in [0.5, 0.6) is 0 Å². The summed E-state index contributed by atoms with van der Waals surface area (Å²) in [6.45, 7) is 5.57. The van der Waals surface area contributed by atoms with Crippen LogP contribution in [0.25, 0.3) is 0 Å². The maximum absolute atomic E-state index is 12.2. The molecule has 1 N–H and O–H groups in total. The van der Waals surface area contributed by atoms with Crippen molar-refractivity contribution < 1.29 is 4.79 Å². The number of thiophene rings is 1. The van der Waals surface area contributed by atoms with E-state index in [1.54, 1.807) is 11.3 Å². The van der Waals surface area contributed by atoms with Crippen LogP contribution >= 0.6 is 11.3 Å². The molecule has 0 aromatic carbocycles. The molecule has 2 fully saturated rings. The largest absolute Gasteiger partial charge is 0.313 e. The van der Waals surface area contributed by atoms with Gasteiger partial charge >= 0.3 is 0 Å². The number of anilines is 1. The van der Waals surface area contributed by atoms with Gasteiger partial charge in [-0.2, -0.15) is 0 Å². The minimum Gasteiger partial charge on any atom is -0.313 e. The Bertz CT molecular complexity index is 417. The molecule has 0 aliphatic carbocycles. The fourth-order valence-corrected chi connectivity index (χ4v) is 3.23. The molecule has 16 heavy (non-hydrogen) atoms. The van der Waals surface area contributed by atoms with Crippen LogP contribution in [0.2, 0.25) is 0 Å². The molecule has 86 valence electrons. The maximum atomic E-state index is 12.2. The molecule has 1 unspecified atom stereocenters. The summed E-state index contributed by atoms with van der Waals surface area (Å²) in [6, 6.07) is 2.14. The zero-order valence-corrected chi connectivity index (χ0v) is 10.1. The van der Waals surface area contributed by atoms with E-state index < -0.39 is 0 Å². The molecule has 0 saturated carbocycles. The number of nitrogens with one attached hydrogen (secondary N) is 1. The van der Waals surface area contributed by atoms with Gasteiger partial charge in [0.05, 0.1) is 11.7 Å². The quantitative estimate of drug-likeness (QED) is 0.778. The average Bonchev–Trinajstić information content (AvgIpc) is 2.84. The van der Waals surface area contributed by atoms with E-state index in [0.717, 1.165) is 31.3 Å². The first-order valence-electron chi connectivity index (χ1n) is 5.57. The lowest BCUT2D eigenvalue weighted by molar-refractivity contribution is -0.119. The van der Waals surface area contributed by atoms with Crippen molar-refractivity contribution in [2.24, 2.45) is 0 Å². The first-order chi connectivity index (χ1) is 7.75. The third-order valence-corrected chi connectivity index (χ3v) is 4.28. The van der Waals surface area contributed by atoms with Gasteiger partial charge in [-0.15, -0.1) is 11.3 Å². The Kier molecular flexibility index (Phi) is 2.46. The van der Waals surface area contributed by atoms with Crippen molar-refractivity contribution in [1.82, 2.24) is 10.2 Å². The number of aryl methyl sites for hydroxylation is 1. The van der Waals surface area contributed by atoms with Gasteiger partial charge in [0, 0.05) is 19.6 Å². The van der Waals surface area contributed by atoms with Crippen LogP contribution in [0.4, 0.5) is 5.00 Å². The summed E-state index contributed by atoms with van der Waals surface area (Å²) < 4.78 is 0. The number of piperazine rings is 1. The normalized spacial score (nSPS) is 26.2. The van der Waals surface area contributed by atoms with Crippen molar-refractivity contribution in [3.63, 3.8) is 0 Å². The van der Waals surface area contributed by atoms with E-state index in [9.17, 15) is 4.79 Å². The molecule has 1 amide bonds. The number of amides is 1. The molecule has 0 spiro atoms. The lowest BCUT2D eigenvalue weighted by atomic mass is 10.2. The molecule has 3 heterocycles. The minimum absolute atomic E-state index is 0.0520. The van der Waals surface area contributed by atoms with Crippen molar-refractivity contribution >= 4 is 22.2 Å². The van der Waals surface area contributed by atoms with Crippen molar-refractivity contribution in [2.45, 2.75) is 13.0 Å². The van der Waals surface area contributed by atoms with Crippen LogP contribution in [0.3, 0.4) is 0 Å². The Morgan fingerprint density at radius 2 is 2.44 bits per heavy atom. The Morgan fingerprint density at radius 1 is 1.56 bits per heavy atom. The maximum Gasteiger partial charge on any atom is 0.247 e. The molecular weight excluding hydrogens is 222 g/mol. The van der Waals surface area contributed by atoms with Crippen LogP contribution in [-0.4, -0.2) is 43.2 Å². The fraction of sp³-hybridized carbons (Fsp3) is 0.545. The van der Waals surface area contributed by atoms with Gasteiger partial charge in [0.1, 0.15) is 6.04 Å². The Hall–Kier alpha value is -0.910. The van der Waals surface area contributed by atoms with Gasteiger partial charge in [-0.1, -0.05) is 0 Å². The molecule has 2 aliphatic heterocycles. The van der Waals surface area contributed by atoms with E-state index >= 15 is 0 Å². The smallest absolute Gasteiger partial charge is 0.247 e. The summed E-state index contributed by atoms with van der Waals surface area (Å²) in [5.74, 6) is 0.244. The fourth-order valence-electron chi connectivity index (χ4n) is 2.33. The number of rotatable bonds is 1. The summed E-state index contributed by atoms with van der Waals surface area (Å²) in [6.07, 6.45) is 0. The van der Waals surface area contributed by atoms with E-state index in [-0.39, 0.29) is 11.9 Å². The molecule has 3 rings (SSSR count). The van der Waals surface area contributed by atoms with E-state index in [1.165, 1.54) is 5.56 Å². The summed E-state index contributed by atoms with van der Waals surface area (Å²) in [5.41, 5.74) is 1.23. The number of nitrogens with zero attached hydrogens (tertiary/aromatic N) is 2. The average molecular weight is 237 g/mol. The molecule has 0 bridgehead atoms. The zero-order valence-electron chi connectivity index (χ0n) is 9.27. The molecule has 1 atom stereocenters. The molecule has 2 aliphatic rings. The topological polar surface area (TPSA) is 35.6 Å². The molecule has 1 aromatic heterocycles. The number of carbonyl (C=O) groups excluding carboxylic acids is 1. The second kappa shape index (κ2) is 3.84. The van der Waals surface area contributed by atoms with Gasteiger partial charge < -0.3 is 5.32 Å². The van der Waals surface area contributed by atoms with Gasteiger partial charge in [-0.3, -0.25) is 14.6 Å². The monoisotopic (exact) mass is 237 g/mol. The Balaban J connectivity index is 1.85. The number of carbonyl (C=O) groups is 1. The van der Waals surface area contributed by atoms with Crippen LogP contribution < -0.4 is 10.2 Å². The predicted octanol–water partition coefficient (Wildman–Crippen LogP) is 0.634. The lowest BCUT2D eigenvalue weighted by Crippen LogP contribution is -2.50. The van der Waals surface area contributed by atoms with E-state index in [1.807, 2.05) is 4.90 Å². The standard InChI is InChI=1S/C11H15N3OS/c1-8-4-10(16-6-8)14-7-13-3-2-12-5-9(13)11(14)15/h4,6,9,12H,2-3,5,7H2,1H3. The first-order valence-corrected chi connectivity index (χ1v) is 6.45. The molecule has 5 heteroatoms. The van der Waals surface area contributed by atoms with Crippen molar-refractivity contribution in [1.29, 1.82) is 0 Å². The highest BCUT2D eigenvalue weighted by molar-refractivity contribution is 7.14. The van der Waals surface area contributed by atoms with E-state index in [4.69, 9.17) is 0 Å². The van der Waals surface area contributed by atoms with Crippen molar-refractivity contribution in [3.8, 4) is 0 Å². The van der Waals surface area contributed by atoms with Crippen LogP contribution in [0, 0.1) is 6.92 Å². The van der Waals surface area contributed by atoms with Gasteiger partial charge in [0.15, 0.2) is 0 Å². The summed E-state index contributed by atoms with van der Waals surface area (Å²) in [5, 5.41) is 6.45. The van der Waals surface area contributed by atoms with Gasteiger partial charge in [0.2, 0.25) is 5.91 Å². The second-order valence-corrected chi connectivity index (χ2v) is 5.29. The summed E-state index contributed by atoms with van der Waals surface area (Å²) in [4.78, 5) is 16.4. The third-order valence-electron chi connectivity index (χ3n) is 3.21. The van der Waals surface area contributed by atoms with Crippen molar-refractivity contribution in [3.05, 3.63) is 17.0 Å². The van der Waals surface area contributed by atoms with Crippen molar-refractivity contribution in [2.75, 3.05) is 31.2 Å². The van der Waals surface area contributed by atoms with Gasteiger partial charge in [0.25, 0.3) is 0 Å².